The predicted octanol–water partition coefficient (Wildman–Crippen LogP) is 2.04. The number of ether oxygens (including phenoxy) is 2. The maximum atomic E-state index is 12.6. The molecule has 122 valence electrons. The Bertz CT molecular complexity index is 630. The molecule has 0 spiro atoms. The van der Waals surface area contributed by atoms with E-state index in [1.54, 1.807) is 11.0 Å². The van der Waals surface area contributed by atoms with Crippen LogP contribution in [0.4, 0.5) is 0 Å². The summed E-state index contributed by atoms with van der Waals surface area (Å²) >= 11 is 0. The van der Waals surface area contributed by atoms with Gasteiger partial charge in [0, 0.05) is 18.7 Å². The summed E-state index contributed by atoms with van der Waals surface area (Å²) in [6.07, 6.45) is 2.90. The van der Waals surface area contributed by atoms with Crippen LogP contribution in [0.2, 0.25) is 0 Å². The predicted molar refractivity (Wildman–Crippen MR) is 83.4 cm³/mol. The number of nitriles is 1. The number of piperidine rings is 1. The first-order valence-electron chi connectivity index (χ1n) is 7.57. The number of carbonyl (C=O) groups excluding carboxylic acids is 2. The Hall–Kier alpha value is -2.55. The summed E-state index contributed by atoms with van der Waals surface area (Å²) in [5.41, 5.74) is 0.263. The van der Waals surface area contributed by atoms with Crippen LogP contribution in [0.15, 0.2) is 18.2 Å². The van der Waals surface area contributed by atoms with Crippen molar-refractivity contribution in [2.75, 3.05) is 27.3 Å². The summed E-state index contributed by atoms with van der Waals surface area (Å²) in [5.74, 6) is -1.36. The maximum absolute atomic E-state index is 12.6. The Morgan fingerprint density at radius 3 is 2.35 bits per heavy atom. The van der Waals surface area contributed by atoms with Crippen LogP contribution in [0, 0.1) is 17.2 Å². The van der Waals surface area contributed by atoms with Crippen LogP contribution in [0.1, 0.15) is 29.6 Å². The minimum absolute atomic E-state index is 0.263. The van der Waals surface area contributed by atoms with Gasteiger partial charge in [-0.1, -0.05) is 0 Å². The molecule has 1 amide bonds. The van der Waals surface area contributed by atoms with E-state index in [9.17, 15) is 14.9 Å². The molecule has 0 N–H and O–H groups in total. The van der Waals surface area contributed by atoms with E-state index in [4.69, 9.17) is 9.47 Å². The highest BCUT2D eigenvalue weighted by molar-refractivity contribution is 6.12. The van der Waals surface area contributed by atoms with Crippen molar-refractivity contribution in [1.29, 1.82) is 5.26 Å². The van der Waals surface area contributed by atoms with Crippen LogP contribution < -0.4 is 9.47 Å². The molecule has 6 nitrogen and oxygen atoms in total. The molecular weight excluding hydrogens is 296 g/mol. The number of amides is 1. The smallest absolute Gasteiger partial charge is 0.247 e. The van der Waals surface area contributed by atoms with Gasteiger partial charge in [0.15, 0.2) is 23.2 Å². The zero-order valence-corrected chi connectivity index (χ0v) is 13.4. The standard InChI is InChI=1S/C17H20N2O4/c1-22-14-7-6-12(10-15(14)23-2)16(20)13(11-18)17(21)19-8-4-3-5-9-19/h6-7,10,13H,3-5,8-9H2,1-2H3/t13-/m0/s1. The third-order valence-electron chi connectivity index (χ3n) is 3.97. The molecular formula is C17H20N2O4. The molecule has 2 rings (SSSR count). The number of likely N-dealkylation sites (tertiary alicyclic amines) is 1. The molecule has 0 radical (unpaired) electrons. The zero-order chi connectivity index (χ0) is 16.8. The fourth-order valence-corrected chi connectivity index (χ4v) is 2.68. The molecule has 1 fully saturated rings. The van der Waals surface area contributed by atoms with Gasteiger partial charge in [0.1, 0.15) is 0 Å². The monoisotopic (exact) mass is 316 g/mol. The fraction of sp³-hybridized carbons (Fsp3) is 0.471. The number of methoxy groups -OCH3 is 2. The van der Waals surface area contributed by atoms with Gasteiger partial charge in [-0.25, -0.2) is 0 Å². The van der Waals surface area contributed by atoms with Gasteiger partial charge in [0.2, 0.25) is 5.91 Å². The minimum atomic E-state index is -1.31. The largest absolute Gasteiger partial charge is 0.493 e. The number of hydrogen-bond donors (Lipinski definition) is 0. The average molecular weight is 316 g/mol. The number of hydrogen-bond acceptors (Lipinski definition) is 5. The number of rotatable bonds is 5. The lowest BCUT2D eigenvalue weighted by Gasteiger charge is -2.28. The van der Waals surface area contributed by atoms with Gasteiger partial charge < -0.3 is 14.4 Å². The number of carbonyl (C=O) groups is 2. The van der Waals surface area contributed by atoms with Crippen molar-refractivity contribution in [2.24, 2.45) is 5.92 Å². The van der Waals surface area contributed by atoms with Gasteiger partial charge in [-0.3, -0.25) is 9.59 Å². The lowest BCUT2D eigenvalue weighted by atomic mass is 9.96. The molecule has 0 unspecified atom stereocenters. The molecule has 0 aliphatic carbocycles. The highest BCUT2D eigenvalue weighted by Crippen LogP contribution is 2.28. The molecule has 0 aromatic heterocycles. The molecule has 6 heteroatoms. The van der Waals surface area contributed by atoms with Crippen molar-refractivity contribution in [2.45, 2.75) is 19.3 Å². The highest BCUT2D eigenvalue weighted by Gasteiger charge is 2.32. The van der Waals surface area contributed by atoms with Crippen LogP contribution in [-0.2, 0) is 4.79 Å². The normalized spacial score (nSPS) is 15.4. The number of Topliss-reactive ketones (excluding diaryl/α,β-unsaturated/α-hetero) is 1. The maximum Gasteiger partial charge on any atom is 0.247 e. The minimum Gasteiger partial charge on any atom is -0.493 e. The molecule has 1 atom stereocenters. The first-order valence-corrected chi connectivity index (χ1v) is 7.57. The highest BCUT2D eigenvalue weighted by atomic mass is 16.5. The van der Waals surface area contributed by atoms with Gasteiger partial charge in [-0.05, 0) is 37.5 Å². The van der Waals surface area contributed by atoms with E-state index in [1.807, 2.05) is 6.07 Å². The summed E-state index contributed by atoms with van der Waals surface area (Å²) in [6.45, 7) is 1.21. The summed E-state index contributed by atoms with van der Waals surface area (Å²) in [4.78, 5) is 26.6. The summed E-state index contributed by atoms with van der Waals surface area (Å²) < 4.78 is 10.3. The quantitative estimate of drug-likeness (QED) is 0.613. The molecule has 1 saturated heterocycles. The summed E-state index contributed by atoms with van der Waals surface area (Å²) in [7, 11) is 2.96. The second-order valence-corrected chi connectivity index (χ2v) is 5.38. The van der Waals surface area contributed by atoms with Crippen molar-refractivity contribution >= 4 is 11.7 Å². The van der Waals surface area contributed by atoms with E-state index in [-0.39, 0.29) is 5.56 Å². The fourth-order valence-electron chi connectivity index (χ4n) is 2.68. The number of ketones is 1. The molecule has 1 aliphatic rings. The summed E-state index contributed by atoms with van der Waals surface area (Å²) in [5, 5.41) is 9.31. The third kappa shape index (κ3) is 3.62. The third-order valence-corrected chi connectivity index (χ3v) is 3.97. The van der Waals surface area contributed by atoms with E-state index >= 15 is 0 Å². The van der Waals surface area contributed by atoms with Gasteiger partial charge in [-0.15, -0.1) is 0 Å². The van der Waals surface area contributed by atoms with Crippen molar-refractivity contribution < 1.29 is 19.1 Å². The second kappa shape index (κ2) is 7.63. The van der Waals surface area contributed by atoms with Gasteiger partial charge in [0.05, 0.1) is 20.3 Å². The number of nitrogens with zero attached hydrogens (tertiary/aromatic N) is 2. The van der Waals surface area contributed by atoms with Crippen LogP contribution in [0.25, 0.3) is 0 Å². The second-order valence-electron chi connectivity index (χ2n) is 5.38. The Morgan fingerprint density at radius 2 is 1.78 bits per heavy atom. The van der Waals surface area contributed by atoms with Gasteiger partial charge >= 0.3 is 0 Å². The molecule has 0 bridgehead atoms. The molecule has 1 aromatic rings. The molecule has 23 heavy (non-hydrogen) atoms. The lowest BCUT2D eigenvalue weighted by Crippen LogP contribution is -2.41. The van der Waals surface area contributed by atoms with E-state index in [2.05, 4.69) is 0 Å². The van der Waals surface area contributed by atoms with Gasteiger partial charge in [0.25, 0.3) is 0 Å². The number of benzene rings is 1. The van der Waals surface area contributed by atoms with E-state index < -0.39 is 17.6 Å². The Balaban J connectivity index is 2.22. The summed E-state index contributed by atoms with van der Waals surface area (Å²) in [6, 6.07) is 6.47. The van der Waals surface area contributed by atoms with Crippen LogP contribution in [0.5, 0.6) is 11.5 Å². The van der Waals surface area contributed by atoms with Crippen molar-refractivity contribution in [3.63, 3.8) is 0 Å². The van der Waals surface area contributed by atoms with Crippen molar-refractivity contribution in [3.8, 4) is 17.6 Å². The van der Waals surface area contributed by atoms with Gasteiger partial charge in [-0.2, -0.15) is 5.26 Å². The molecule has 1 aromatic carbocycles. The lowest BCUT2D eigenvalue weighted by molar-refractivity contribution is -0.133. The molecule has 1 aliphatic heterocycles. The zero-order valence-electron chi connectivity index (χ0n) is 13.4. The van der Waals surface area contributed by atoms with Crippen LogP contribution in [0.3, 0.4) is 0 Å². The van der Waals surface area contributed by atoms with Crippen molar-refractivity contribution in [1.82, 2.24) is 4.90 Å². The van der Waals surface area contributed by atoms with Crippen LogP contribution in [-0.4, -0.2) is 43.9 Å². The van der Waals surface area contributed by atoms with E-state index in [0.29, 0.717) is 24.6 Å². The van der Waals surface area contributed by atoms with Crippen LogP contribution >= 0.6 is 0 Å². The first kappa shape index (κ1) is 16.8. The Labute approximate surface area is 135 Å². The molecule has 1 heterocycles. The van der Waals surface area contributed by atoms with Crippen molar-refractivity contribution in [3.05, 3.63) is 23.8 Å². The molecule has 0 saturated carbocycles. The average Bonchev–Trinajstić information content (AvgIpc) is 2.62. The topological polar surface area (TPSA) is 79.6 Å². The Morgan fingerprint density at radius 1 is 1.13 bits per heavy atom. The van der Waals surface area contributed by atoms with E-state index in [1.165, 1.54) is 26.4 Å². The SMILES string of the molecule is COc1ccc(C(=O)[C@H](C#N)C(=O)N2CCCCC2)cc1OC. The van der Waals surface area contributed by atoms with E-state index in [0.717, 1.165) is 19.3 Å². The Kier molecular flexibility index (Phi) is 5.58. The first-order chi connectivity index (χ1) is 11.1.